The van der Waals surface area contributed by atoms with Gasteiger partial charge in [-0.15, -0.1) is 0 Å². The Morgan fingerprint density at radius 2 is 1.77 bits per heavy atom. The second kappa shape index (κ2) is 3.35. The highest BCUT2D eigenvalue weighted by atomic mass is 14.6. The first-order chi connectivity index (χ1) is 6.79. The molecular formula is C11H10N2. The first-order valence-electron chi connectivity index (χ1n) is 4.61. The topological polar surface area (TPSA) is 25.8 Å². The van der Waals surface area contributed by atoms with Gasteiger partial charge in [0, 0.05) is 24.3 Å². The van der Waals surface area contributed by atoms with Gasteiger partial charge in [-0.3, -0.25) is 9.97 Å². The smallest absolute Gasteiger partial charge is 0.0648 e. The lowest BCUT2D eigenvalue weighted by Crippen LogP contribution is -1.82. The SMILES string of the molecule is [2H]c1c(-c2ccncc2)ccnc1C. The molecule has 2 rings (SSSR count). The molecule has 0 spiro atoms. The molecule has 2 aromatic heterocycles. The third kappa shape index (κ3) is 1.72. The van der Waals surface area contributed by atoms with Crippen LogP contribution in [0.4, 0.5) is 0 Å². The van der Waals surface area contributed by atoms with Gasteiger partial charge < -0.3 is 0 Å². The molecule has 2 heterocycles. The maximum atomic E-state index is 7.85. The zero-order chi connectivity index (χ0) is 9.97. The summed E-state index contributed by atoms with van der Waals surface area (Å²) in [6.07, 6.45) is 5.18. The van der Waals surface area contributed by atoms with Crippen LogP contribution in [0.15, 0.2) is 42.8 Å². The Kier molecular flexibility index (Phi) is 1.75. The Hall–Kier alpha value is -1.70. The lowest BCUT2D eigenvalue weighted by Gasteiger charge is -2.00. The first-order valence-corrected chi connectivity index (χ1v) is 4.11. The van der Waals surface area contributed by atoms with E-state index in [1.165, 1.54) is 0 Å². The molecule has 13 heavy (non-hydrogen) atoms. The van der Waals surface area contributed by atoms with Crippen LogP contribution in [0.3, 0.4) is 0 Å². The molecule has 0 aromatic carbocycles. The van der Waals surface area contributed by atoms with Crippen molar-refractivity contribution in [1.82, 2.24) is 9.97 Å². The van der Waals surface area contributed by atoms with E-state index in [1.807, 2.05) is 25.1 Å². The Balaban J connectivity index is 2.58. The summed E-state index contributed by atoms with van der Waals surface area (Å²) in [6.45, 7) is 1.84. The minimum atomic E-state index is 0.485. The van der Waals surface area contributed by atoms with Gasteiger partial charge in [0.2, 0.25) is 0 Å². The molecule has 0 saturated carbocycles. The normalized spacial score (nSPS) is 11.0. The average molecular weight is 171 g/mol. The third-order valence-corrected chi connectivity index (χ3v) is 1.82. The number of hydrogen-bond acceptors (Lipinski definition) is 2. The molecule has 2 aromatic rings. The van der Waals surface area contributed by atoms with Crippen molar-refractivity contribution in [3.8, 4) is 11.1 Å². The highest BCUT2D eigenvalue weighted by Gasteiger charge is 1.95. The number of hydrogen-bond donors (Lipinski definition) is 0. The summed E-state index contributed by atoms with van der Waals surface area (Å²) in [4.78, 5) is 8.01. The zero-order valence-electron chi connectivity index (χ0n) is 8.36. The van der Waals surface area contributed by atoms with Gasteiger partial charge in [-0.25, -0.2) is 0 Å². The fourth-order valence-corrected chi connectivity index (χ4v) is 1.19. The van der Waals surface area contributed by atoms with E-state index in [1.54, 1.807) is 18.6 Å². The van der Waals surface area contributed by atoms with Gasteiger partial charge in [0.05, 0.1) is 1.37 Å². The van der Waals surface area contributed by atoms with Crippen LogP contribution in [-0.2, 0) is 0 Å². The molecule has 0 aliphatic rings. The summed E-state index contributed by atoms with van der Waals surface area (Å²) in [6, 6.07) is 6.13. The Bertz CT molecular complexity index is 440. The minimum absolute atomic E-state index is 0.485. The lowest BCUT2D eigenvalue weighted by molar-refractivity contribution is 1.20. The van der Waals surface area contributed by atoms with Crippen LogP contribution >= 0.6 is 0 Å². The average Bonchev–Trinajstić information content (AvgIpc) is 2.23. The standard InChI is InChI=1S/C11H10N2/c1-9-8-11(4-7-13-9)10-2-5-12-6-3-10/h2-8H,1H3/i8D. The lowest BCUT2D eigenvalue weighted by atomic mass is 10.1. The van der Waals surface area contributed by atoms with E-state index in [0.717, 1.165) is 16.8 Å². The zero-order valence-corrected chi connectivity index (χ0v) is 7.36. The summed E-state index contributed by atoms with van der Waals surface area (Å²) < 4.78 is 7.85. The Labute approximate surface area is 78.7 Å². The molecule has 0 atom stereocenters. The maximum Gasteiger partial charge on any atom is 0.0648 e. The number of pyridine rings is 2. The van der Waals surface area contributed by atoms with Crippen LogP contribution in [0.25, 0.3) is 11.1 Å². The number of nitrogens with zero attached hydrogens (tertiary/aromatic N) is 2. The van der Waals surface area contributed by atoms with Crippen molar-refractivity contribution in [2.75, 3.05) is 0 Å². The molecule has 0 aliphatic carbocycles. The van der Waals surface area contributed by atoms with Crippen LogP contribution < -0.4 is 0 Å². The van der Waals surface area contributed by atoms with Gasteiger partial charge in [0.25, 0.3) is 0 Å². The molecule has 64 valence electrons. The molecule has 0 unspecified atom stereocenters. The van der Waals surface area contributed by atoms with Crippen molar-refractivity contribution in [1.29, 1.82) is 0 Å². The van der Waals surface area contributed by atoms with E-state index in [9.17, 15) is 0 Å². The van der Waals surface area contributed by atoms with Crippen LogP contribution in [0.5, 0.6) is 0 Å². The van der Waals surface area contributed by atoms with E-state index in [4.69, 9.17) is 1.37 Å². The van der Waals surface area contributed by atoms with Gasteiger partial charge in [0.1, 0.15) is 0 Å². The Morgan fingerprint density at radius 1 is 1.08 bits per heavy atom. The van der Waals surface area contributed by atoms with Crippen LogP contribution in [0.1, 0.15) is 7.06 Å². The van der Waals surface area contributed by atoms with E-state index in [0.29, 0.717) is 6.04 Å². The van der Waals surface area contributed by atoms with E-state index in [-0.39, 0.29) is 0 Å². The van der Waals surface area contributed by atoms with Gasteiger partial charge in [0.15, 0.2) is 0 Å². The highest BCUT2D eigenvalue weighted by Crippen LogP contribution is 2.17. The summed E-state index contributed by atoms with van der Waals surface area (Å²) in [7, 11) is 0. The van der Waals surface area contributed by atoms with Crippen molar-refractivity contribution in [3.63, 3.8) is 0 Å². The molecule has 0 N–H and O–H groups in total. The fraction of sp³-hybridized carbons (Fsp3) is 0.0909. The second-order valence-electron chi connectivity index (χ2n) is 2.80. The summed E-state index contributed by atoms with van der Waals surface area (Å²) in [5.41, 5.74) is 2.66. The van der Waals surface area contributed by atoms with Crippen LogP contribution in [-0.4, -0.2) is 9.97 Å². The number of aryl methyl sites for hydroxylation is 1. The molecule has 0 radical (unpaired) electrons. The summed E-state index contributed by atoms with van der Waals surface area (Å²) in [5, 5.41) is 0. The summed E-state index contributed by atoms with van der Waals surface area (Å²) in [5.74, 6) is 0. The highest BCUT2D eigenvalue weighted by molar-refractivity contribution is 5.62. The fourth-order valence-electron chi connectivity index (χ4n) is 1.19. The second-order valence-corrected chi connectivity index (χ2v) is 2.80. The van der Waals surface area contributed by atoms with Crippen molar-refractivity contribution in [2.45, 2.75) is 6.92 Å². The van der Waals surface area contributed by atoms with Crippen molar-refractivity contribution >= 4 is 0 Å². The third-order valence-electron chi connectivity index (χ3n) is 1.82. The van der Waals surface area contributed by atoms with Gasteiger partial charge >= 0.3 is 0 Å². The largest absolute Gasteiger partial charge is 0.265 e. The van der Waals surface area contributed by atoms with Crippen molar-refractivity contribution in [2.24, 2.45) is 0 Å². The summed E-state index contributed by atoms with van der Waals surface area (Å²) >= 11 is 0. The predicted octanol–water partition coefficient (Wildman–Crippen LogP) is 2.45. The molecule has 0 amide bonds. The van der Waals surface area contributed by atoms with Gasteiger partial charge in [-0.1, -0.05) is 0 Å². The van der Waals surface area contributed by atoms with E-state index in [2.05, 4.69) is 9.97 Å². The quantitative estimate of drug-likeness (QED) is 0.658. The molecule has 0 saturated heterocycles. The van der Waals surface area contributed by atoms with Gasteiger partial charge in [-0.2, -0.15) is 0 Å². The molecular weight excluding hydrogens is 160 g/mol. The van der Waals surface area contributed by atoms with E-state index >= 15 is 0 Å². The Morgan fingerprint density at radius 3 is 2.54 bits per heavy atom. The molecule has 2 heteroatoms. The number of rotatable bonds is 1. The maximum absolute atomic E-state index is 7.85. The first kappa shape index (κ1) is 6.78. The van der Waals surface area contributed by atoms with Crippen molar-refractivity contribution in [3.05, 3.63) is 48.5 Å². The monoisotopic (exact) mass is 171 g/mol. The molecule has 0 fully saturated rings. The molecule has 0 aliphatic heterocycles. The van der Waals surface area contributed by atoms with Crippen LogP contribution in [0.2, 0.25) is 0 Å². The van der Waals surface area contributed by atoms with Gasteiger partial charge in [-0.05, 0) is 42.3 Å². The number of aromatic nitrogens is 2. The predicted molar refractivity (Wildman–Crippen MR) is 52.2 cm³/mol. The van der Waals surface area contributed by atoms with E-state index < -0.39 is 0 Å². The molecule has 0 bridgehead atoms. The van der Waals surface area contributed by atoms with Crippen molar-refractivity contribution < 1.29 is 1.37 Å². The molecule has 2 nitrogen and oxygen atoms in total. The minimum Gasteiger partial charge on any atom is -0.265 e. The van der Waals surface area contributed by atoms with Crippen LogP contribution in [0, 0.1) is 6.92 Å².